The highest BCUT2D eigenvalue weighted by molar-refractivity contribution is 6.43. The average Bonchev–Trinajstić information content (AvgIpc) is 3.65. The van der Waals surface area contributed by atoms with Gasteiger partial charge in [0.1, 0.15) is 11.8 Å². The normalized spacial score (nSPS) is 25.3. The summed E-state index contributed by atoms with van der Waals surface area (Å²) < 4.78 is 0. The Balaban J connectivity index is 1.15. The van der Waals surface area contributed by atoms with E-state index >= 15 is 0 Å². The van der Waals surface area contributed by atoms with Gasteiger partial charge >= 0.3 is 7.12 Å². The minimum Gasteiger partial charge on any atom is -0.426 e. The summed E-state index contributed by atoms with van der Waals surface area (Å²) in [5.41, 5.74) is 7.51. The van der Waals surface area contributed by atoms with Crippen LogP contribution in [0.25, 0.3) is 0 Å². The Bertz CT molecular complexity index is 1290. The number of hydrogen-bond acceptors (Lipinski definition) is 12. The Morgan fingerprint density at radius 3 is 2.06 bits per heavy atom. The minimum atomic E-state index is -1.61. The van der Waals surface area contributed by atoms with Crippen LogP contribution in [-0.4, -0.2) is 128 Å². The highest BCUT2D eigenvalue weighted by Crippen LogP contribution is 2.30. The van der Waals surface area contributed by atoms with Crippen molar-refractivity contribution in [2.45, 2.75) is 114 Å². The molecule has 2 atom stereocenters. The number of carbonyl (C=O) groups excluding carboxylic acids is 4. The quantitative estimate of drug-likeness (QED) is 0.0912. The molecule has 4 saturated heterocycles. The van der Waals surface area contributed by atoms with Crippen molar-refractivity contribution < 1.29 is 29.2 Å². The Morgan fingerprint density at radius 2 is 1.43 bits per heavy atom. The number of Topliss-reactive ketones (excluding diaryl/α,β-unsaturated/α-hetero) is 2. The van der Waals surface area contributed by atoms with Gasteiger partial charge in [-0.05, 0) is 69.7 Å². The van der Waals surface area contributed by atoms with Gasteiger partial charge in [0.05, 0.1) is 12.5 Å². The SMILES string of the molecule is C[C@@H](NC(=O)c1ccc(NCC(=O)CCCCCC(=O)CC23CCCCCCC(N)(CNCCNC2)CNCCNC3)cc1)C(=O)N1CCC[C@H]1B(O)O. The number of amides is 2. The van der Waals surface area contributed by atoms with E-state index in [1.54, 1.807) is 31.2 Å². The first-order valence-corrected chi connectivity index (χ1v) is 20.5. The van der Waals surface area contributed by atoms with E-state index in [-0.39, 0.29) is 29.2 Å². The summed E-state index contributed by atoms with van der Waals surface area (Å²) in [6.07, 6.45) is 11.6. The lowest BCUT2D eigenvalue weighted by atomic mass is 9.76. The minimum absolute atomic E-state index is 0.0836. The maximum absolute atomic E-state index is 13.4. The maximum atomic E-state index is 13.4. The van der Waals surface area contributed by atoms with Crippen molar-refractivity contribution >= 4 is 36.2 Å². The molecule has 0 aromatic heterocycles. The van der Waals surface area contributed by atoms with Gasteiger partial charge in [-0.3, -0.25) is 19.2 Å². The van der Waals surface area contributed by atoms with Crippen molar-refractivity contribution in [3.8, 4) is 0 Å². The molecule has 1 aromatic carbocycles. The van der Waals surface area contributed by atoms with Crippen molar-refractivity contribution in [1.82, 2.24) is 31.5 Å². The van der Waals surface area contributed by atoms with Gasteiger partial charge in [0.15, 0.2) is 5.78 Å². The number of likely N-dealkylation sites (tertiary alicyclic amines) is 1. The van der Waals surface area contributed by atoms with Crippen molar-refractivity contribution in [2.75, 3.05) is 70.8 Å². The summed E-state index contributed by atoms with van der Waals surface area (Å²) in [4.78, 5) is 53.0. The van der Waals surface area contributed by atoms with Gasteiger partial charge in [0, 0.05) is 100 Å². The first-order valence-electron chi connectivity index (χ1n) is 20.5. The molecule has 0 aliphatic carbocycles. The van der Waals surface area contributed by atoms with Crippen molar-refractivity contribution in [3.63, 3.8) is 0 Å². The van der Waals surface area contributed by atoms with E-state index in [1.165, 1.54) is 4.90 Å². The predicted molar refractivity (Wildman–Crippen MR) is 213 cm³/mol. The molecule has 0 spiro atoms. The lowest BCUT2D eigenvalue weighted by Crippen LogP contribution is -2.57. The molecular formula is C39H67BN8O6. The highest BCUT2D eigenvalue weighted by Gasteiger charge is 2.38. The molecule has 54 heavy (non-hydrogen) atoms. The van der Waals surface area contributed by atoms with E-state index in [4.69, 9.17) is 5.73 Å². The molecule has 4 fully saturated rings. The average molecular weight is 755 g/mol. The third kappa shape index (κ3) is 14.6. The number of anilines is 1. The number of unbranched alkanes of at least 4 members (excludes halogenated alkanes) is 2. The van der Waals surface area contributed by atoms with E-state index in [0.717, 1.165) is 110 Å². The number of rotatable bonds is 15. The zero-order valence-corrected chi connectivity index (χ0v) is 32.6. The Labute approximate surface area is 322 Å². The summed E-state index contributed by atoms with van der Waals surface area (Å²) >= 11 is 0. The van der Waals surface area contributed by atoms with Crippen molar-refractivity contribution in [1.29, 1.82) is 0 Å². The number of ketones is 2. The van der Waals surface area contributed by atoms with Crippen LogP contribution in [0.4, 0.5) is 5.69 Å². The second kappa shape index (κ2) is 22.6. The van der Waals surface area contributed by atoms with Gasteiger partial charge in [-0.2, -0.15) is 0 Å². The number of benzene rings is 1. The molecule has 0 unspecified atom stereocenters. The number of nitrogens with zero attached hydrogens (tertiary/aromatic N) is 1. The fourth-order valence-corrected chi connectivity index (χ4v) is 8.08. The molecule has 10 N–H and O–H groups in total. The molecule has 14 nitrogen and oxygen atoms in total. The molecular weight excluding hydrogens is 687 g/mol. The van der Waals surface area contributed by atoms with Gasteiger partial charge in [0.25, 0.3) is 5.91 Å². The lowest BCUT2D eigenvalue weighted by molar-refractivity contribution is -0.132. The number of nitrogens with one attached hydrogen (secondary N) is 6. The standard InChI is InChI=1S/C39H67BN8O6/c1-30(37(52)48-23-9-12-35(48)40(53)54)47-36(51)31-13-15-32(16-14-31)46-25-34(50)11-6-4-5-10-33(49)24-38-17-7-2-3-8-18-39(41,28-44-21-19-42-26-38)29-45-22-20-43-27-38/h13-16,30,35,42-46,53-54H,2-12,17-29,41H2,1H3,(H,47,51)/t30-,35+,38?,39?/m1/s1. The third-order valence-corrected chi connectivity index (χ3v) is 11.3. The van der Waals surface area contributed by atoms with E-state index in [9.17, 15) is 29.2 Å². The molecule has 4 aliphatic heterocycles. The number of hydrogen-bond donors (Lipinski definition) is 9. The zero-order valence-electron chi connectivity index (χ0n) is 32.6. The van der Waals surface area contributed by atoms with Crippen molar-refractivity contribution in [3.05, 3.63) is 29.8 Å². The van der Waals surface area contributed by atoms with Crippen molar-refractivity contribution in [2.24, 2.45) is 11.1 Å². The molecule has 0 saturated carbocycles. The second-order valence-corrected chi connectivity index (χ2v) is 16.1. The van der Waals surface area contributed by atoms with Gasteiger partial charge in [0.2, 0.25) is 5.91 Å². The molecule has 2 bridgehead atoms. The molecule has 15 heteroatoms. The van der Waals surface area contributed by atoms with Crippen LogP contribution in [0, 0.1) is 5.41 Å². The maximum Gasteiger partial charge on any atom is 0.475 e. The second-order valence-electron chi connectivity index (χ2n) is 16.1. The summed E-state index contributed by atoms with van der Waals surface area (Å²) in [7, 11) is -1.61. The first kappa shape index (κ1) is 43.8. The van der Waals surface area contributed by atoms with Crippen LogP contribution in [-0.2, 0) is 14.4 Å². The first-order chi connectivity index (χ1) is 26.0. The Kier molecular flexibility index (Phi) is 18.3. The summed E-state index contributed by atoms with van der Waals surface area (Å²) in [5, 5.41) is 39.4. The van der Waals surface area contributed by atoms with E-state index in [1.807, 2.05) is 0 Å². The highest BCUT2D eigenvalue weighted by atomic mass is 16.4. The fourth-order valence-electron chi connectivity index (χ4n) is 8.08. The van der Waals surface area contributed by atoms with Crippen LogP contribution in [0.15, 0.2) is 24.3 Å². The van der Waals surface area contributed by atoms with Crippen LogP contribution < -0.4 is 37.6 Å². The van der Waals surface area contributed by atoms with Crippen LogP contribution in [0.5, 0.6) is 0 Å². The number of carbonyl (C=O) groups is 4. The van der Waals surface area contributed by atoms with E-state index < -0.39 is 25.0 Å². The van der Waals surface area contributed by atoms with E-state index in [2.05, 4.69) is 31.9 Å². The zero-order chi connectivity index (χ0) is 38.8. The molecule has 1 aromatic rings. The molecule has 5 rings (SSSR count). The van der Waals surface area contributed by atoms with Crippen LogP contribution in [0.3, 0.4) is 0 Å². The van der Waals surface area contributed by atoms with Crippen LogP contribution in [0.1, 0.15) is 107 Å². The van der Waals surface area contributed by atoms with Gasteiger partial charge < -0.3 is 52.6 Å². The third-order valence-electron chi connectivity index (χ3n) is 11.3. The topological polar surface area (TPSA) is 210 Å². The Morgan fingerprint density at radius 1 is 0.833 bits per heavy atom. The van der Waals surface area contributed by atoms with Gasteiger partial charge in [-0.1, -0.05) is 32.1 Å². The predicted octanol–water partition coefficient (Wildman–Crippen LogP) is 1.11. The molecule has 0 radical (unpaired) electrons. The largest absolute Gasteiger partial charge is 0.475 e. The lowest BCUT2D eigenvalue weighted by Gasteiger charge is -2.36. The molecule has 4 heterocycles. The van der Waals surface area contributed by atoms with Gasteiger partial charge in [-0.15, -0.1) is 0 Å². The summed E-state index contributed by atoms with van der Waals surface area (Å²) in [6.45, 7) is 8.76. The number of fused-ring (bicyclic) bond motifs is 15. The van der Waals surface area contributed by atoms with Gasteiger partial charge in [-0.25, -0.2) is 0 Å². The molecule has 2 amide bonds. The molecule has 4 aliphatic rings. The molecule has 302 valence electrons. The monoisotopic (exact) mass is 755 g/mol. The number of nitrogens with two attached hydrogens (primary N) is 1. The summed E-state index contributed by atoms with van der Waals surface area (Å²) in [6, 6.07) is 5.88. The Hall–Kier alpha value is -2.92. The van der Waals surface area contributed by atoms with Crippen LogP contribution >= 0.6 is 0 Å². The van der Waals surface area contributed by atoms with E-state index in [0.29, 0.717) is 55.7 Å². The fraction of sp³-hybridized carbons (Fsp3) is 0.744. The summed E-state index contributed by atoms with van der Waals surface area (Å²) in [5.74, 6) is -1.04. The van der Waals surface area contributed by atoms with Crippen LogP contribution in [0.2, 0.25) is 0 Å². The smallest absolute Gasteiger partial charge is 0.426 e.